The molecule has 1 aromatic carbocycles. The fourth-order valence-corrected chi connectivity index (χ4v) is 1.90. The van der Waals surface area contributed by atoms with Gasteiger partial charge in [-0.15, -0.1) is 0 Å². The highest BCUT2D eigenvalue weighted by Gasteiger charge is 2.20. The number of aliphatic hydroxyl groups excluding tert-OH is 1. The highest BCUT2D eigenvalue weighted by Crippen LogP contribution is 2.29. The van der Waals surface area contributed by atoms with E-state index in [0.717, 1.165) is 24.2 Å². The van der Waals surface area contributed by atoms with Gasteiger partial charge < -0.3 is 15.1 Å². The molecule has 2 rings (SSSR count). The molecule has 0 saturated heterocycles. The van der Waals surface area contributed by atoms with Crippen LogP contribution in [0.1, 0.15) is 17.2 Å². The Morgan fingerprint density at radius 1 is 1.53 bits per heavy atom. The maximum Gasteiger partial charge on any atom is 0.337 e. The predicted octanol–water partition coefficient (Wildman–Crippen LogP) is 0.797. The van der Waals surface area contributed by atoms with Gasteiger partial charge in [0.25, 0.3) is 0 Å². The van der Waals surface area contributed by atoms with E-state index in [4.69, 9.17) is 5.11 Å². The van der Waals surface area contributed by atoms with Crippen LogP contribution in [0.4, 0.5) is 5.69 Å². The minimum atomic E-state index is -1.42. The molecule has 1 aromatic rings. The number of carbonyl (C=O) groups is 1. The van der Waals surface area contributed by atoms with Crippen molar-refractivity contribution in [1.29, 1.82) is 0 Å². The number of fused-ring (bicyclic) bond motifs is 1. The number of hydrogen-bond donors (Lipinski definition) is 2. The number of benzene rings is 1. The van der Waals surface area contributed by atoms with Crippen LogP contribution in [0.3, 0.4) is 0 Å². The Balaban J connectivity index is 2.34. The van der Waals surface area contributed by atoms with E-state index in [0.29, 0.717) is 5.56 Å². The third-order valence-electron chi connectivity index (χ3n) is 2.78. The van der Waals surface area contributed by atoms with Gasteiger partial charge in [-0.25, -0.2) is 4.79 Å². The van der Waals surface area contributed by atoms with Crippen LogP contribution < -0.4 is 4.90 Å². The Bertz CT molecular complexity index is 403. The summed E-state index contributed by atoms with van der Waals surface area (Å²) < 4.78 is 0. The molecule has 80 valence electrons. The number of nitrogens with zero attached hydrogens (tertiary/aromatic N) is 1. The van der Waals surface area contributed by atoms with Crippen molar-refractivity contribution in [3.63, 3.8) is 0 Å². The van der Waals surface area contributed by atoms with Crippen molar-refractivity contribution < 1.29 is 15.0 Å². The van der Waals surface area contributed by atoms with Crippen molar-refractivity contribution in [2.75, 3.05) is 18.5 Å². The SMILES string of the molecule is CN1CCc2cc(C(O)C(=O)O)ccc21. The number of rotatable bonds is 2. The molecule has 0 aliphatic carbocycles. The molecular formula is C11H13NO3. The number of likely N-dealkylation sites (N-methyl/N-ethyl adjacent to an activating group) is 1. The largest absolute Gasteiger partial charge is 0.479 e. The number of aliphatic carboxylic acids is 1. The van der Waals surface area contributed by atoms with Crippen molar-refractivity contribution in [2.45, 2.75) is 12.5 Å². The summed E-state index contributed by atoms with van der Waals surface area (Å²) in [5.74, 6) is -1.21. The fraction of sp³-hybridized carbons (Fsp3) is 0.364. The summed E-state index contributed by atoms with van der Waals surface area (Å²) >= 11 is 0. The minimum absolute atomic E-state index is 0.455. The Kier molecular flexibility index (Phi) is 2.36. The lowest BCUT2D eigenvalue weighted by Gasteiger charge is -2.13. The number of hydrogen-bond acceptors (Lipinski definition) is 3. The van der Waals surface area contributed by atoms with Gasteiger partial charge in [0.15, 0.2) is 6.10 Å². The Labute approximate surface area is 87.8 Å². The summed E-state index contributed by atoms with van der Waals surface area (Å²) in [6, 6.07) is 5.31. The van der Waals surface area contributed by atoms with Crippen LogP contribution in [0.2, 0.25) is 0 Å². The van der Waals surface area contributed by atoms with E-state index in [1.807, 2.05) is 13.1 Å². The lowest BCUT2D eigenvalue weighted by molar-refractivity contribution is -0.146. The summed E-state index contributed by atoms with van der Waals surface area (Å²) in [6.07, 6.45) is -0.507. The molecule has 1 heterocycles. The van der Waals surface area contributed by atoms with Gasteiger partial charge in [0, 0.05) is 19.3 Å². The van der Waals surface area contributed by atoms with Gasteiger partial charge in [-0.2, -0.15) is 0 Å². The quantitative estimate of drug-likeness (QED) is 0.753. The molecule has 0 bridgehead atoms. The third-order valence-corrected chi connectivity index (χ3v) is 2.78. The molecule has 1 atom stereocenters. The second-order valence-electron chi connectivity index (χ2n) is 3.80. The first-order valence-corrected chi connectivity index (χ1v) is 4.84. The van der Waals surface area contributed by atoms with Crippen LogP contribution in [-0.4, -0.2) is 29.8 Å². The van der Waals surface area contributed by atoms with Gasteiger partial charge >= 0.3 is 5.97 Å². The second kappa shape index (κ2) is 3.55. The van der Waals surface area contributed by atoms with Crippen LogP contribution in [0.25, 0.3) is 0 Å². The molecule has 1 aliphatic rings. The zero-order chi connectivity index (χ0) is 11.0. The van der Waals surface area contributed by atoms with Crippen LogP contribution in [-0.2, 0) is 11.2 Å². The maximum absolute atomic E-state index is 10.6. The van der Waals surface area contributed by atoms with Crippen molar-refractivity contribution in [2.24, 2.45) is 0 Å². The van der Waals surface area contributed by atoms with Gasteiger partial charge in [-0.1, -0.05) is 12.1 Å². The average Bonchev–Trinajstić information content (AvgIpc) is 2.59. The molecule has 2 N–H and O–H groups in total. The summed E-state index contributed by atoms with van der Waals surface area (Å²) in [6.45, 7) is 0.946. The molecule has 0 fully saturated rings. The Morgan fingerprint density at radius 3 is 2.93 bits per heavy atom. The number of carboxylic acids is 1. The Hall–Kier alpha value is -1.55. The van der Waals surface area contributed by atoms with E-state index in [-0.39, 0.29) is 0 Å². The first-order valence-electron chi connectivity index (χ1n) is 4.84. The predicted molar refractivity (Wildman–Crippen MR) is 56.0 cm³/mol. The van der Waals surface area contributed by atoms with Crippen LogP contribution in [0.5, 0.6) is 0 Å². The van der Waals surface area contributed by atoms with Crippen molar-refractivity contribution in [3.8, 4) is 0 Å². The van der Waals surface area contributed by atoms with E-state index < -0.39 is 12.1 Å². The zero-order valence-electron chi connectivity index (χ0n) is 8.47. The molecular weight excluding hydrogens is 194 g/mol. The van der Waals surface area contributed by atoms with Gasteiger partial charge in [0.1, 0.15) is 0 Å². The topological polar surface area (TPSA) is 60.8 Å². The summed E-state index contributed by atoms with van der Waals surface area (Å²) in [5.41, 5.74) is 2.68. The van der Waals surface area contributed by atoms with Crippen LogP contribution in [0, 0.1) is 0 Å². The monoisotopic (exact) mass is 207 g/mol. The molecule has 0 radical (unpaired) electrons. The molecule has 0 spiro atoms. The molecule has 0 amide bonds. The van der Waals surface area contributed by atoms with Gasteiger partial charge in [0.2, 0.25) is 0 Å². The summed E-state index contributed by atoms with van der Waals surface area (Å²) in [4.78, 5) is 12.7. The molecule has 0 saturated carbocycles. The highest BCUT2D eigenvalue weighted by molar-refractivity contribution is 5.74. The van der Waals surface area contributed by atoms with Crippen LogP contribution >= 0.6 is 0 Å². The van der Waals surface area contributed by atoms with E-state index in [9.17, 15) is 9.90 Å². The average molecular weight is 207 g/mol. The first kappa shape index (κ1) is 9.98. The molecule has 15 heavy (non-hydrogen) atoms. The molecule has 0 aromatic heterocycles. The molecule has 4 nitrogen and oxygen atoms in total. The highest BCUT2D eigenvalue weighted by atomic mass is 16.4. The summed E-state index contributed by atoms with van der Waals surface area (Å²) in [5, 5.41) is 18.1. The maximum atomic E-state index is 10.6. The molecule has 1 unspecified atom stereocenters. The third kappa shape index (κ3) is 1.68. The minimum Gasteiger partial charge on any atom is -0.479 e. The normalized spacial score (nSPS) is 16.3. The number of carboxylic acid groups (broad SMARTS) is 1. The summed E-state index contributed by atoms with van der Waals surface area (Å²) in [7, 11) is 2.00. The Morgan fingerprint density at radius 2 is 2.27 bits per heavy atom. The molecule has 1 aliphatic heterocycles. The van der Waals surface area contributed by atoms with Crippen molar-refractivity contribution in [3.05, 3.63) is 29.3 Å². The zero-order valence-corrected chi connectivity index (χ0v) is 8.47. The van der Waals surface area contributed by atoms with Crippen molar-refractivity contribution in [1.82, 2.24) is 0 Å². The van der Waals surface area contributed by atoms with E-state index in [1.54, 1.807) is 12.1 Å². The van der Waals surface area contributed by atoms with E-state index in [1.165, 1.54) is 0 Å². The van der Waals surface area contributed by atoms with E-state index >= 15 is 0 Å². The van der Waals surface area contributed by atoms with Gasteiger partial charge in [0.05, 0.1) is 0 Å². The van der Waals surface area contributed by atoms with Gasteiger partial charge in [-0.05, 0) is 23.6 Å². The number of aliphatic hydroxyl groups is 1. The van der Waals surface area contributed by atoms with Crippen molar-refractivity contribution >= 4 is 11.7 Å². The van der Waals surface area contributed by atoms with E-state index in [2.05, 4.69) is 4.90 Å². The fourth-order valence-electron chi connectivity index (χ4n) is 1.90. The standard InChI is InChI=1S/C11H13NO3/c1-12-5-4-7-6-8(2-3-9(7)12)10(13)11(14)15/h2-3,6,10,13H,4-5H2,1H3,(H,14,15). The first-order chi connectivity index (χ1) is 7.09. The lowest BCUT2D eigenvalue weighted by Crippen LogP contribution is -2.12. The lowest BCUT2D eigenvalue weighted by atomic mass is 10.0. The second-order valence-corrected chi connectivity index (χ2v) is 3.80. The molecule has 4 heteroatoms. The number of anilines is 1. The smallest absolute Gasteiger partial charge is 0.337 e. The van der Waals surface area contributed by atoms with Gasteiger partial charge in [-0.3, -0.25) is 0 Å². The van der Waals surface area contributed by atoms with Crippen LogP contribution in [0.15, 0.2) is 18.2 Å².